The Morgan fingerprint density at radius 1 is 0.750 bits per heavy atom. The number of hydrogen-bond donors (Lipinski definition) is 0. The van der Waals surface area contributed by atoms with Crippen LogP contribution in [0.1, 0.15) is 36.8 Å². The molecule has 0 spiro atoms. The molecule has 3 aromatic rings. The highest BCUT2D eigenvalue weighted by Crippen LogP contribution is 2.45. The van der Waals surface area contributed by atoms with Crippen molar-refractivity contribution in [1.82, 2.24) is 0 Å². The maximum atomic E-state index is 2.38. The minimum atomic E-state index is 0.531. The van der Waals surface area contributed by atoms with Crippen LogP contribution >= 0.6 is 0 Å². The minimum absolute atomic E-state index is 0.531. The van der Waals surface area contributed by atoms with Crippen LogP contribution in [0.5, 0.6) is 0 Å². The van der Waals surface area contributed by atoms with E-state index in [1.807, 2.05) is 0 Å². The van der Waals surface area contributed by atoms with Gasteiger partial charge in [0.1, 0.15) is 0 Å². The highest BCUT2D eigenvalue weighted by Gasteiger charge is 2.23. The van der Waals surface area contributed by atoms with E-state index in [4.69, 9.17) is 0 Å². The van der Waals surface area contributed by atoms with Crippen LogP contribution in [-0.4, -0.2) is 0 Å². The van der Waals surface area contributed by atoms with Gasteiger partial charge in [-0.25, -0.2) is 0 Å². The smallest absolute Gasteiger partial charge is 0.00335 e. The first-order valence-corrected chi connectivity index (χ1v) is 8.84. The highest BCUT2D eigenvalue weighted by atomic mass is 14.3. The zero-order valence-electron chi connectivity index (χ0n) is 14.1. The molecule has 1 atom stereocenters. The van der Waals surface area contributed by atoms with Crippen LogP contribution in [0.15, 0.2) is 78.9 Å². The minimum Gasteiger partial charge on any atom is -0.0764 e. The molecule has 0 saturated carbocycles. The van der Waals surface area contributed by atoms with Gasteiger partial charge >= 0.3 is 0 Å². The zero-order chi connectivity index (χ0) is 16.4. The Kier molecular flexibility index (Phi) is 4.04. The van der Waals surface area contributed by atoms with Gasteiger partial charge < -0.3 is 0 Å². The second-order valence-corrected chi connectivity index (χ2v) is 6.48. The zero-order valence-corrected chi connectivity index (χ0v) is 14.1. The number of benzene rings is 3. The highest BCUT2D eigenvalue weighted by molar-refractivity contribution is 5.90. The molecule has 4 rings (SSSR count). The average Bonchev–Trinajstić information content (AvgIpc) is 3.06. The summed E-state index contributed by atoms with van der Waals surface area (Å²) in [6.07, 6.45) is 7.10. The van der Waals surface area contributed by atoms with Gasteiger partial charge in [0.2, 0.25) is 0 Å². The van der Waals surface area contributed by atoms with Crippen molar-refractivity contribution < 1.29 is 0 Å². The Labute approximate surface area is 144 Å². The lowest BCUT2D eigenvalue weighted by Crippen LogP contribution is -1.99. The number of rotatable bonds is 4. The van der Waals surface area contributed by atoms with Crippen molar-refractivity contribution in [2.75, 3.05) is 0 Å². The molecule has 0 saturated heterocycles. The maximum Gasteiger partial charge on any atom is 0.00335 e. The molecule has 0 heteroatoms. The molecule has 0 amide bonds. The van der Waals surface area contributed by atoms with Gasteiger partial charge in [-0.3, -0.25) is 0 Å². The fourth-order valence-corrected chi connectivity index (χ4v) is 3.82. The standard InChI is InChI=1S/C24H22/c1-2-9-19-14-15-21-16-17-22(18-10-5-3-6-11-18)24(23(19)21)20-12-7-4-8-13-20/h3-8,10-17,19H,2,9H2,1H3. The lowest BCUT2D eigenvalue weighted by atomic mass is 9.84. The third kappa shape index (κ3) is 2.59. The van der Waals surface area contributed by atoms with Gasteiger partial charge in [-0.05, 0) is 39.8 Å². The summed E-state index contributed by atoms with van der Waals surface area (Å²) in [6, 6.07) is 26.2. The molecule has 0 heterocycles. The lowest BCUT2D eigenvalue weighted by molar-refractivity contribution is 0.727. The fraction of sp³-hybridized carbons (Fsp3) is 0.167. The Morgan fingerprint density at radius 2 is 1.42 bits per heavy atom. The molecule has 0 N–H and O–H groups in total. The van der Waals surface area contributed by atoms with Crippen molar-refractivity contribution in [2.24, 2.45) is 0 Å². The molecule has 1 unspecified atom stereocenters. The summed E-state index contributed by atoms with van der Waals surface area (Å²) in [4.78, 5) is 0. The summed E-state index contributed by atoms with van der Waals surface area (Å²) in [6.45, 7) is 2.27. The topological polar surface area (TPSA) is 0 Å². The summed E-state index contributed by atoms with van der Waals surface area (Å²) < 4.78 is 0. The second kappa shape index (κ2) is 6.49. The molecule has 0 nitrogen and oxygen atoms in total. The molecule has 0 aliphatic heterocycles. The van der Waals surface area contributed by atoms with Crippen LogP contribution in [0.4, 0.5) is 0 Å². The molecular formula is C24H22. The SMILES string of the molecule is CCCC1C=Cc2ccc(-c3ccccc3)c(-c3ccccc3)c21. The normalized spacial score (nSPS) is 15.5. The van der Waals surface area contributed by atoms with Gasteiger partial charge in [-0.2, -0.15) is 0 Å². The monoisotopic (exact) mass is 310 g/mol. The average molecular weight is 310 g/mol. The first-order chi connectivity index (χ1) is 11.9. The van der Waals surface area contributed by atoms with Gasteiger partial charge in [0.05, 0.1) is 0 Å². The maximum absolute atomic E-state index is 2.38. The Hall–Kier alpha value is -2.60. The molecule has 0 bridgehead atoms. The molecule has 118 valence electrons. The molecule has 0 aromatic heterocycles. The Balaban J connectivity index is 1.98. The molecule has 0 radical (unpaired) electrons. The van der Waals surface area contributed by atoms with E-state index >= 15 is 0 Å². The van der Waals surface area contributed by atoms with Gasteiger partial charge in [0.25, 0.3) is 0 Å². The predicted molar refractivity (Wildman–Crippen MR) is 104 cm³/mol. The van der Waals surface area contributed by atoms with Crippen LogP contribution in [0.3, 0.4) is 0 Å². The van der Waals surface area contributed by atoms with Crippen LogP contribution < -0.4 is 0 Å². The van der Waals surface area contributed by atoms with Crippen molar-refractivity contribution >= 4 is 6.08 Å². The molecule has 1 aliphatic rings. The van der Waals surface area contributed by atoms with E-state index in [-0.39, 0.29) is 0 Å². The van der Waals surface area contributed by atoms with E-state index in [1.54, 1.807) is 0 Å². The van der Waals surface area contributed by atoms with Crippen LogP contribution in [0.25, 0.3) is 28.3 Å². The Bertz CT molecular complexity index is 857. The molecule has 0 fully saturated rings. The second-order valence-electron chi connectivity index (χ2n) is 6.48. The summed E-state index contributed by atoms with van der Waals surface area (Å²) in [5, 5.41) is 0. The van der Waals surface area contributed by atoms with E-state index in [0.717, 1.165) is 0 Å². The molecular weight excluding hydrogens is 288 g/mol. The summed E-state index contributed by atoms with van der Waals surface area (Å²) in [5.74, 6) is 0.531. The summed E-state index contributed by atoms with van der Waals surface area (Å²) >= 11 is 0. The van der Waals surface area contributed by atoms with E-state index < -0.39 is 0 Å². The third-order valence-corrected chi connectivity index (χ3v) is 4.91. The van der Waals surface area contributed by atoms with Crippen molar-refractivity contribution in [3.05, 3.63) is 90.0 Å². The summed E-state index contributed by atoms with van der Waals surface area (Å²) in [7, 11) is 0. The van der Waals surface area contributed by atoms with E-state index in [9.17, 15) is 0 Å². The van der Waals surface area contributed by atoms with Crippen LogP contribution in [0.2, 0.25) is 0 Å². The number of hydrogen-bond acceptors (Lipinski definition) is 0. The largest absolute Gasteiger partial charge is 0.0764 e. The Morgan fingerprint density at radius 3 is 2.08 bits per heavy atom. The van der Waals surface area contributed by atoms with Crippen molar-refractivity contribution in [2.45, 2.75) is 25.7 Å². The first kappa shape index (κ1) is 15.0. The molecule has 3 aromatic carbocycles. The molecule has 1 aliphatic carbocycles. The lowest BCUT2D eigenvalue weighted by Gasteiger charge is -2.20. The van der Waals surface area contributed by atoms with E-state index in [2.05, 4.69) is 91.9 Å². The van der Waals surface area contributed by atoms with Gasteiger partial charge in [0.15, 0.2) is 0 Å². The fourth-order valence-electron chi connectivity index (χ4n) is 3.82. The quantitative estimate of drug-likeness (QED) is 0.490. The van der Waals surface area contributed by atoms with Crippen molar-refractivity contribution in [3.63, 3.8) is 0 Å². The first-order valence-electron chi connectivity index (χ1n) is 8.84. The number of allylic oxidation sites excluding steroid dienone is 1. The third-order valence-electron chi connectivity index (χ3n) is 4.91. The van der Waals surface area contributed by atoms with Gasteiger partial charge in [-0.1, -0.05) is 98.3 Å². The number of fused-ring (bicyclic) bond motifs is 1. The van der Waals surface area contributed by atoms with E-state index in [0.29, 0.717) is 5.92 Å². The van der Waals surface area contributed by atoms with Crippen molar-refractivity contribution in [3.8, 4) is 22.3 Å². The van der Waals surface area contributed by atoms with Gasteiger partial charge in [-0.15, -0.1) is 0 Å². The van der Waals surface area contributed by atoms with Gasteiger partial charge in [0, 0.05) is 5.92 Å². The summed E-state index contributed by atoms with van der Waals surface area (Å²) in [5.41, 5.74) is 8.24. The van der Waals surface area contributed by atoms with E-state index in [1.165, 1.54) is 46.2 Å². The molecule has 24 heavy (non-hydrogen) atoms. The predicted octanol–water partition coefficient (Wildman–Crippen LogP) is 6.93. The van der Waals surface area contributed by atoms with Crippen LogP contribution in [-0.2, 0) is 0 Å². The van der Waals surface area contributed by atoms with Crippen LogP contribution in [0, 0.1) is 0 Å². The van der Waals surface area contributed by atoms with Crippen molar-refractivity contribution in [1.29, 1.82) is 0 Å².